The van der Waals surface area contributed by atoms with Crippen molar-refractivity contribution in [2.75, 3.05) is 5.32 Å². The molecule has 1 amide bonds. The Kier molecular flexibility index (Phi) is 6.55. The van der Waals surface area contributed by atoms with Gasteiger partial charge in [0, 0.05) is 5.69 Å². The number of hydrogen-bond donors (Lipinski definition) is 1. The summed E-state index contributed by atoms with van der Waals surface area (Å²) in [7, 11) is 0. The number of nitrogens with one attached hydrogen (secondary N) is 1. The van der Waals surface area contributed by atoms with Crippen LogP contribution in [0.15, 0.2) is 48.5 Å². The Bertz CT molecular complexity index is 837. The molecule has 0 aliphatic rings. The summed E-state index contributed by atoms with van der Waals surface area (Å²) in [5.41, 5.74) is -0.920. The van der Waals surface area contributed by atoms with Gasteiger partial charge in [-0.25, -0.2) is 4.79 Å². The number of anilines is 1. The summed E-state index contributed by atoms with van der Waals surface area (Å²) in [5, 5.41) is 2.31. The fourth-order valence-corrected chi connectivity index (χ4v) is 2.07. The van der Waals surface area contributed by atoms with Crippen molar-refractivity contribution in [3.63, 3.8) is 0 Å². The number of amides is 1. The van der Waals surface area contributed by atoms with Crippen LogP contribution in [0.2, 0.25) is 0 Å². The van der Waals surface area contributed by atoms with Gasteiger partial charge in [-0.05, 0) is 49.4 Å². The zero-order valence-corrected chi connectivity index (χ0v) is 14.3. The molecule has 0 heterocycles. The second-order valence-electron chi connectivity index (χ2n) is 5.52. The quantitative estimate of drug-likeness (QED) is 0.570. The summed E-state index contributed by atoms with van der Waals surface area (Å²) in [4.78, 5) is 24.1. The number of alkyl halides is 5. The molecule has 0 spiro atoms. The fraction of sp³-hybridized carbons (Fsp3) is 0.222. The molecular formula is C18H14F5NO4. The Hall–Kier alpha value is -3.17. The summed E-state index contributed by atoms with van der Waals surface area (Å²) in [6.45, 7) is -1.82. The van der Waals surface area contributed by atoms with Crippen molar-refractivity contribution in [3.05, 3.63) is 59.7 Å². The van der Waals surface area contributed by atoms with Crippen molar-refractivity contribution < 1.29 is 41.0 Å². The summed E-state index contributed by atoms with van der Waals surface area (Å²) in [6, 6.07) is 8.50. The van der Waals surface area contributed by atoms with Gasteiger partial charge in [0.15, 0.2) is 6.10 Å². The van der Waals surface area contributed by atoms with E-state index in [1.807, 2.05) is 0 Å². The number of esters is 1. The lowest BCUT2D eigenvalue weighted by atomic mass is 10.2. The van der Waals surface area contributed by atoms with E-state index in [0.29, 0.717) is 0 Å². The van der Waals surface area contributed by atoms with E-state index in [1.54, 1.807) is 0 Å². The van der Waals surface area contributed by atoms with E-state index >= 15 is 0 Å². The maximum absolute atomic E-state index is 12.5. The van der Waals surface area contributed by atoms with Crippen LogP contribution in [0.5, 0.6) is 5.75 Å². The number of hydrogen-bond acceptors (Lipinski definition) is 4. The van der Waals surface area contributed by atoms with Crippen LogP contribution >= 0.6 is 0 Å². The molecule has 2 rings (SSSR count). The number of ether oxygens (including phenoxy) is 2. The summed E-state index contributed by atoms with van der Waals surface area (Å²) in [6.07, 6.45) is -5.80. The smallest absolute Gasteiger partial charge is 0.416 e. The van der Waals surface area contributed by atoms with Gasteiger partial charge in [0.25, 0.3) is 5.91 Å². The first-order valence-corrected chi connectivity index (χ1v) is 7.80. The highest BCUT2D eigenvalue weighted by Crippen LogP contribution is 2.29. The van der Waals surface area contributed by atoms with Crippen molar-refractivity contribution in [1.29, 1.82) is 0 Å². The van der Waals surface area contributed by atoms with Gasteiger partial charge >= 0.3 is 18.8 Å². The van der Waals surface area contributed by atoms with Crippen LogP contribution in [-0.2, 0) is 15.7 Å². The third-order valence-electron chi connectivity index (χ3n) is 3.43. The van der Waals surface area contributed by atoms with Crippen molar-refractivity contribution in [3.8, 4) is 5.75 Å². The molecule has 0 saturated heterocycles. The lowest BCUT2D eigenvalue weighted by molar-refractivity contribution is -0.137. The third kappa shape index (κ3) is 5.93. The minimum Gasteiger partial charge on any atom is -0.449 e. The predicted octanol–water partition coefficient (Wildman–Crippen LogP) is 4.49. The van der Waals surface area contributed by atoms with Crippen molar-refractivity contribution in [2.24, 2.45) is 0 Å². The largest absolute Gasteiger partial charge is 0.449 e. The van der Waals surface area contributed by atoms with Crippen LogP contribution in [0.4, 0.5) is 27.6 Å². The van der Waals surface area contributed by atoms with Crippen LogP contribution < -0.4 is 10.1 Å². The Balaban J connectivity index is 1.97. The zero-order valence-electron chi connectivity index (χ0n) is 14.3. The van der Waals surface area contributed by atoms with E-state index in [2.05, 4.69) is 10.1 Å². The molecule has 1 N–H and O–H groups in total. The second kappa shape index (κ2) is 8.68. The fourth-order valence-electron chi connectivity index (χ4n) is 2.07. The van der Waals surface area contributed by atoms with E-state index < -0.39 is 36.3 Å². The predicted molar refractivity (Wildman–Crippen MR) is 88.0 cm³/mol. The first-order chi connectivity index (χ1) is 13.1. The minimum absolute atomic E-state index is 0.0771. The third-order valence-corrected chi connectivity index (χ3v) is 3.43. The molecule has 2 aromatic carbocycles. The normalized spacial score (nSPS) is 12.4. The number of benzene rings is 2. The maximum atomic E-state index is 12.5. The monoisotopic (exact) mass is 403 g/mol. The van der Waals surface area contributed by atoms with Crippen molar-refractivity contribution >= 4 is 17.6 Å². The van der Waals surface area contributed by atoms with Gasteiger partial charge < -0.3 is 14.8 Å². The zero-order chi connectivity index (χ0) is 20.9. The van der Waals surface area contributed by atoms with E-state index in [-0.39, 0.29) is 17.0 Å². The molecule has 1 atom stereocenters. The SMILES string of the molecule is C[C@H](OC(=O)c1cccc(OC(F)F)c1)C(=O)Nc1ccc(C(F)(F)F)cc1. The molecule has 0 unspecified atom stereocenters. The minimum atomic E-state index is -4.51. The highest BCUT2D eigenvalue weighted by Gasteiger charge is 2.30. The number of carbonyl (C=O) groups excluding carboxylic acids is 2. The van der Waals surface area contributed by atoms with E-state index in [0.717, 1.165) is 30.3 Å². The molecule has 0 fully saturated rings. The Morgan fingerprint density at radius 3 is 2.25 bits per heavy atom. The summed E-state index contributed by atoms with van der Waals surface area (Å²) >= 11 is 0. The summed E-state index contributed by atoms with van der Waals surface area (Å²) < 4.78 is 71.1. The molecule has 0 radical (unpaired) electrons. The second-order valence-corrected chi connectivity index (χ2v) is 5.52. The molecule has 0 saturated carbocycles. The van der Waals surface area contributed by atoms with Crippen molar-refractivity contribution in [1.82, 2.24) is 0 Å². The van der Waals surface area contributed by atoms with Crippen LogP contribution in [-0.4, -0.2) is 24.6 Å². The van der Waals surface area contributed by atoms with E-state index in [1.165, 1.54) is 25.1 Å². The highest BCUT2D eigenvalue weighted by molar-refractivity contribution is 5.97. The lowest BCUT2D eigenvalue weighted by Crippen LogP contribution is -2.30. The number of carbonyl (C=O) groups is 2. The topological polar surface area (TPSA) is 64.6 Å². The maximum Gasteiger partial charge on any atom is 0.416 e. The van der Waals surface area contributed by atoms with E-state index in [4.69, 9.17) is 4.74 Å². The Morgan fingerprint density at radius 1 is 1.04 bits per heavy atom. The lowest BCUT2D eigenvalue weighted by Gasteiger charge is -2.14. The molecule has 0 bridgehead atoms. The van der Waals surface area contributed by atoms with Gasteiger partial charge in [-0.2, -0.15) is 22.0 Å². The molecule has 0 aliphatic carbocycles. The first-order valence-electron chi connectivity index (χ1n) is 7.80. The van der Waals surface area contributed by atoms with Gasteiger partial charge in [0.2, 0.25) is 0 Å². The molecular weight excluding hydrogens is 389 g/mol. The molecule has 28 heavy (non-hydrogen) atoms. The van der Waals surface area contributed by atoms with Gasteiger partial charge in [-0.3, -0.25) is 4.79 Å². The first kappa shape index (κ1) is 21.1. The molecule has 0 aliphatic heterocycles. The average molecular weight is 403 g/mol. The molecule has 150 valence electrons. The highest BCUT2D eigenvalue weighted by atomic mass is 19.4. The van der Waals surface area contributed by atoms with Gasteiger partial charge in [0.05, 0.1) is 11.1 Å². The average Bonchev–Trinajstić information content (AvgIpc) is 2.61. The van der Waals surface area contributed by atoms with Crippen molar-refractivity contribution in [2.45, 2.75) is 25.8 Å². The van der Waals surface area contributed by atoms with E-state index in [9.17, 15) is 31.5 Å². The van der Waals surface area contributed by atoms with Crippen LogP contribution in [0.1, 0.15) is 22.8 Å². The Labute approximate surface area is 156 Å². The van der Waals surface area contributed by atoms with Crippen LogP contribution in [0.25, 0.3) is 0 Å². The summed E-state index contributed by atoms with van der Waals surface area (Å²) in [5.74, 6) is -2.01. The molecule has 5 nitrogen and oxygen atoms in total. The van der Waals surface area contributed by atoms with Crippen LogP contribution in [0.3, 0.4) is 0 Å². The van der Waals surface area contributed by atoms with Crippen LogP contribution in [0, 0.1) is 0 Å². The van der Waals surface area contributed by atoms with Gasteiger partial charge in [0.1, 0.15) is 5.75 Å². The standard InChI is InChI=1S/C18H14F5NO4/c1-10(15(25)24-13-7-5-12(6-8-13)18(21,22)23)27-16(26)11-3-2-4-14(9-11)28-17(19)20/h2-10,17H,1H3,(H,24,25)/t10-/m0/s1. The molecule has 0 aromatic heterocycles. The number of halogens is 5. The van der Waals surface area contributed by atoms with Gasteiger partial charge in [-0.1, -0.05) is 6.07 Å². The molecule has 2 aromatic rings. The molecule has 10 heteroatoms. The van der Waals surface area contributed by atoms with Gasteiger partial charge in [-0.15, -0.1) is 0 Å². The number of rotatable bonds is 6. The Morgan fingerprint density at radius 2 is 1.68 bits per heavy atom.